The first-order valence-corrected chi connectivity index (χ1v) is 12.0. The largest absolute Gasteiger partial charge is 0.481 e. The molecule has 0 amide bonds. The van der Waals surface area contributed by atoms with Gasteiger partial charge in [-0.05, 0) is 76.4 Å². The maximum atomic E-state index is 11.5. The molecule has 176 valence electrons. The van der Waals surface area contributed by atoms with Crippen LogP contribution in [0.4, 0.5) is 0 Å². The Bertz CT molecular complexity index is 1080. The van der Waals surface area contributed by atoms with E-state index in [4.69, 9.17) is 9.72 Å². The molecule has 1 N–H and O–H groups in total. The molecule has 1 fully saturated rings. The fraction of sp³-hybridized carbons (Fsp3) is 0.481. The van der Waals surface area contributed by atoms with Gasteiger partial charge in [0.2, 0.25) is 0 Å². The van der Waals surface area contributed by atoms with Crippen LogP contribution in [-0.2, 0) is 28.1 Å². The molecule has 2 heterocycles. The minimum absolute atomic E-state index is 0.451. The molecular formula is C27H35N3O3. The Morgan fingerprint density at radius 3 is 2.48 bits per heavy atom. The quantitative estimate of drug-likeness (QED) is 0.508. The van der Waals surface area contributed by atoms with Crippen LogP contribution in [0.2, 0.25) is 0 Å². The molecule has 0 bridgehead atoms. The number of aromatic nitrogens is 2. The predicted molar refractivity (Wildman–Crippen MR) is 131 cm³/mol. The first-order chi connectivity index (χ1) is 15.9. The zero-order valence-electron chi connectivity index (χ0n) is 20.0. The van der Waals surface area contributed by atoms with Crippen LogP contribution in [0.25, 0.3) is 11.0 Å². The van der Waals surface area contributed by atoms with Gasteiger partial charge in [0, 0.05) is 19.1 Å². The van der Waals surface area contributed by atoms with Gasteiger partial charge in [-0.2, -0.15) is 0 Å². The van der Waals surface area contributed by atoms with E-state index >= 15 is 0 Å². The average molecular weight is 450 g/mol. The van der Waals surface area contributed by atoms with E-state index in [-0.39, 0.29) is 0 Å². The first kappa shape index (κ1) is 23.5. The number of likely N-dealkylation sites (tertiary alicyclic amines) is 1. The second kappa shape index (κ2) is 10.1. The molecule has 0 atom stereocenters. The molecule has 2 aromatic carbocycles. The fourth-order valence-electron chi connectivity index (χ4n) is 4.64. The number of piperidine rings is 1. The van der Waals surface area contributed by atoms with Crippen LogP contribution < -0.4 is 0 Å². The molecule has 0 unspecified atom stereocenters. The summed E-state index contributed by atoms with van der Waals surface area (Å²) in [6, 6.07) is 16.4. The van der Waals surface area contributed by atoms with Gasteiger partial charge < -0.3 is 19.3 Å². The van der Waals surface area contributed by atoms with Gasteiger partial charge in [0.15, 0.2) is 0 Å². The molecule has 3 aromatic rings. The molecular weight excluding hydrogens is 414 g/mol. The van der Waals surface area contributed by atoms with Crippen molar-refractivity contribution in [3.05, 3.63) is 65.5 Å². The Morgan fingerprint density at radius 1 is 1.12 bits per heavy atom. The van der Waals surface area contributed by atoms with Gasteiger partial charge in [-0.1, -0.05) is 36.4 Å². The zero-order chi connectivity index (χ0) is 23.4. The summed E-state index contributed by atoms with van der Waals surface area (Å²) in [4.78, 5) is 19.0. The van der Waals surface area contributed by atoms with Crippen molar-refractivity contribution in [1.29, 1.82) is 0 Å². The summed E-state index contributed by atoms with van der Waals surface area (Å²) in [5.74, 6) is 0.806. The van der Waals surface area contributed by atoms with Gasteiger partial charge in [0.1, 0.15) is 12.6 Å². The maximum absolute atomic E-state index is 11.5. The molecule has 1 aromatic heterocycles. The third kappa shape index (κ3) is 5.12. The third-order valence-electron chi connectivity index (χ3n) is 6.99. The van der Waals surface area contributed by atoms with Crippen molar-refractivity contribution in [3.8, 4) is 0 Å². The lowest BCUT2D eigenvalue weighted by Crippen LogP contribution is -2.35. The Labute approximate surface area is 196 Å². The number of fused-ring (bicyclic) bond motifs is 1. The van der Waals surface area contributed by atoms with E-state index < -0.39 is 11.4 Å². The lowest BCUT2D eigenvalue weighted by molar-refractivity contribution is -0.142. The number of nitrogens with zero attached hydrogens (tertiary/aromatic N) is 3. The van der Waals surface area contributed by atoms with E-state index in [9.17, 15) is 9.90 Å². The van der Waals surface area contributed by atoms with Crippen LogP contribution in [0.3, 0.4) is 0 Å². The van der Waals surface area contributed by atoms with Crippen LogP contribution in [0.5, 0.6) is 0 Å². The molecule has 6 nitrogen and oxygen atoms in total. The highest BCUT2D eigenvalue weighted by Crippen LogP contribution is 2.30. The van der Waals surface area contributed by atoms with Gasteiger partial charge in [-0.25, -0.2) is 4.98 Å². The minimum Gasteiger partial charge on any atom is -0.481 e. The monoisotopic (exact) mass is 449 g/mol. The van der Waals surface area contributed by atoms with E-state index in [1.165, 1.54) is 5.56 Å². The Hall–Kier alpha value is -2.70. The number of hydrogen-bond acceptors (Lipinski definition) is 4. The third-order valence-corrected chi connectivity index (χ3v) is 6.99. The van der Waals surface area contributed by atoms with Crippen molar-refractivity contribution in [1.82, 2.24) is 14.5 Å². The van der Waals surface area contributed by atoms with E-state index in [0.717, 1.165) is 61.3 Å². The van der Waals surface area contributed by atoms with Crippen molar-refractivity contribution >= 4 is 17.0 Å². The Balaban J connectivity index is 1.35. The summed E-state index contributed by atoms with van der Waals surface area (Å²) in [6.07, 6.45) is 3.17. The molecule has 4 rings (SSSR count). The maximum Gasteiger partial charge on any atom is 0.313 e. The minimum atomic E-state index is -0.862. The SMILES string of the molecule is CCOCn1c(C2CCN(CCc3ccc(C(C)(C)C(=O)O)cc3)CC2)nc2ccccc21. The number of ether oxygens (including phenoxy) is 1. The number of benzene rings is 2. The zero-order valence-corrected chi connectivity index (χ0v) is 20.0. The van der Waals surface area contributed by atoms with Crippen LogP contribution >= 0.6 is 0 Å². The normalized spacial score (nSPS) is 15.8. The highest BCUT2D eigenvalue weighted by Gasteiger charge is 2.29. The molecule has 1 aliphatic rings. The van der Waals surface area contributed by atoms with E-state index in [1.54, 1.807) is 13.8 Å². The second-order valence-electron chi connectivity index (χ2n) is 9.50. The number of carboxylic acids is 1. The topological polar surface area (TPSA) is 67.6 Å². The molecule has 0 aliphatic carbocycles. The van der Waals surface area contributed by atoms with E-state index in [1.807, 2.05) is 25.1 Å². The number of rotatable bonds is 9. The molecule has 0 saturated carbocycles. The van der Waals surface area contributed by atoms with E-state index in [0.29, 0.717) is 19.3 Å². The van der Waals surface area contributed by atoms with Crippen molar-refractivity contribution in [2.24, 2.45) is 0 Å². The molecule has 0 spiro atoms. The van der Waals surface area contributed by atoms with Gasteiger partial charge >= 0.3 is 5.97 Å². The number of imidazole rings is 1. The van der Waals surface area contributed by atoms with Gasteiger partial charge in [0.25, 0.3) is 0 Å². The molecule has 6 heteroatoms. The number of hydrogen-bond donors (Lipinski definition) is 1. The number of para-hydroxylation sites is 2. The standard InChI is InChI=1S/C27H35N3O3/c1-4-33-19-30-24-8-6-5-7-23(24)28-25(30)21-14-17-29(18-15-21)16-13-20-9-11-22(12-10-20)27(2,3)26(31)32/h5-12,21H,4,13-19H2,1-3H3,(H,31,32). The van der Waals surface area contributed by atoms with Crippen molar-refractivity contribution in [2.45, 2.75) is 58.1 Å². The van der Waals surface area contributed by atoms with Crippen LogP contribution in [0, 0.1) is 0 Å². The predicted octanol–water partition coefficient (Wildman–Crippen LogP) is 4.81. The summed E-state index contributed by atoms with van der Waals surface area (Å²) in [5.41, 5.74) is 3.43. The molecule has 0 radical (unpaired) electrons. The average Bonchev–Trinajstić information content (AvgIpc) is 3.20. The van der Waals surface area contributed by atoms with Crippen molar-refractivity contribution in [2.75, 3.05) is 26.2 Å². The number of aliphatic carboxylic acids is 1. The lowest BCUT2D eigenvalue weighted by Gasteiger charge is -2.32. The van der Waals surface area contributed by atoms with Crippen LogP contribution in [0.15, 0.2) is 48.5 Å². The van der Waals surface area contributed by atoms with Gasteiger partial charge in [0.05, 0.1) is 16.4 Å². The van der Waals surface area contributed by atoms with Crippen molar-refractivity contribution in [3.63, 3.8) is 0 Å². The van der Waals surface area contributed by atoms with Crippen LogP contribution in [-0.4, -0.2) is 51.8 Å². The van der Waals surface area contributed by atoms with E-state index in [2.05, 4.69) is 39.8 Å². The molecule has 1 saturated heterocycles. The highest BCUT2D eigenvalue weighted by atomic mass is 16.5. The van der Waals surface area contributed by atoms with Gasteiger partial charge in [-0.3, -0.25) is 4.79 Å². The Kier molecular flexibility index (Phi) is 7.15. The molecule has 1 aliphatic heterocycles. The lowest BCUT2D eigenvalue weighted by atomic mass is 9.84. The summed E-state index contributed by atoms with van der Waals surface area (Å²) >= 11 is 0. The highest BCUT2D eigenvalue weighted by molar-refractivity contribution is 5.80. The fourth-order valence-corrected chi connectivity index (χ4v) is 4.64. The summed E-state index contributed by atoms with van der Waals surface area (Å²) < 4.78 is 8.00. The summed E-state index contributed by atoms with van der Waals surface area (Å²) in [5, 5.41) is 9.42. The number of carbonyl (C=O) groups is 1. The summed E-state index contributed by atoms with van der Waals surface area (Å²) in [6.45, 7) is 9.91. The van der Waals surface area contributed by atoms with Gasteiger partial charge in [-0.15, -0.1) is 0 Å². The molecule has 33 heavy (non-hydrogen) atoms. The Morgan fingerprint density at radius 2 is 1.82 bits per heavy atom. The second-order valence-corrected chi connectivity index (χ2v) is 9.50. The van der Waals surface area contributed by atoms with Crippen molar-refractivity contribution < 1.29 is 14.6 Å². The smallest absolute Gasteiger partial charge is 0.313 e. The van der Waals surface area contributed by atoms with Crippen LogP contribution in [0.1, 0.15) is 56.5 Å². The first-order valence-electron chi connectivity index (χ1n) is 12.0. The summed E-state index contributed by atoms with van der Waals surface area (Å²) in [7, 11) is 0. The number of carboxylic acid groups (broad SMARTS) is 1.